The Bertz CT molecular complexity index is 459. The number of aryl methyl sites for hydroxylation is 1. The Morgan fingerprint density at radius 1 is 1.47 bits per heavy atom. The molecule has 1 atom stereocenters. The van der Waals surface area contributed by atoms with Crippen molar-refractivity contribution in [2.24, 2.45) is 5.92 Å². The molecule has 0 bridgehead atoms. The second kappa shape index (κ2) is 6.02. The summed E-state index contributed by atoms with van der Waals surface area (Å²) in [5, 5.41) is 15.1. The van der Waals surface area contributed by atoms with Crippen LogP contribution in [-0.4, -0.2) is 23.3 Å². The van der Waals surface area contributed by atoms with E-state index in [1.54, 1.807) is 19.9 Å². The van der Waals surface area contributed by atoms with Crippen LogP contribution in [0.4, 0.5) is 14.9 Å². The van der Waals surface area contributed by atoms with Gasteiger partial charge in [-0.15, -0.1) is 0 Å². The van der Waals surface area contributed by atoms with Crippen molar-refractivity contribution in [3.8, 4) is 0 Å². The van der Waals surface area contributed by atoms with Crippen LogP contribution in [0.5, 0.6) is 0 Å². The molecule has 0 saturated carbocycles. The van der Waals surface area contributed by atoms with Gasteiger partial charge in [-0.3, -0.25) is 0 Å². The maximum absolute atomic E-state index is 13.1. The average molecular weight is 268 g/mol. The quantitative estimate of drug-likeness (QED) is 0.786. The second-order valence-electron chi connectivity index (χ2n) is 5.28. The molecule has 3 N–H and O–H groups in total. The van der Waals surface area contributed by atoms with E-state index in [-0.39, 0.29) is 12.5 Å². The molecule has 4 nitrogen and oxygen atoms in total. The molecule has 0 aromatic heterocycles. The number of rotatable bonds is 4. The number of carbonyl (C=O) groups excluding carboxylic acids is 1. The topological polar surface area (TPSA) is 61.4 Å². The predicted molar refractivity (Wildman–Crippen MR) is 73.6 cm³/mol. The first-order valence-electron chi connectivity index (χ1n) is 6.26. The van der Waals surface area contributed by atoms with Gasteiger partial charge in [0.05, 0.1) is 5.60 Å². The van der Waals surface area contributed by atoms with Crippen LogP contribution in [0.25, 0.3) is 0 Å². The monoisotopic (exact) mass is 268 g/mol. The molecule has 0 aliphatic rings. The van der Waals surface area contributed by atoms with Crippen LogP contribution in [0.2, 0.25) is 0 Å². The Labute approximate surface area is 113 Å². The van der Waals surface area contributed by atoms with Crippen LogP contribution in [0, 0.1) is 18.7 Å². The Hall–Kier alpha value is -1.62. The summed E-state index contributed by atoms with van der Waals surface area (Å²) < 4.78 is 13.1. The summed E-state index contributed by atoms with van der Waals surface area (Å²) in [7, 11) is 0. The zero-order chi connectivity index (χ0) is 14.6. The van der Waals surface area contributed by atoms with E-state index in [9.17, 15) is 14.3 Å². The summed E-state index contributed by atoms with van der Waals surface area (Å²) in [6.07, 6.45) is 0. The van der Waals surface area contributed by atoms with Gasteiger partial charge in [0, 0.05) is 12.2 Å². The molecule has 1 unspecified atom stereocenters. The third-order valence-electron chi connectivity index (χ3n) is 3.30. The molecule has 1 rings (SSSR count). The molecule has 0 aliphatic carbocycles. The van der Waals surface area contributed by atoms with Crippen LogP contribution in [-0.2, 0) is 0 Å². The Balaban J connectivity index is 2.59. The van der Waals surface area contributed by atoms with Crippen molar-refractivity contribution in [2.45, 2.75) is 33.3 Å². The largest absolute Gasteiger partial charge is 0.388 e. The van der Waals surface area contributed by atoms with Crippen LogP contribution in [0.1, 0.15) is 26.3 Å². The van der Waals surface area contributed by atoms with Crippen molar-refractivity contribution in [2.75, 3.05) is 11.9 Å². The smallest absolute Gasteiger partial charge is 0.319 e. The summed E-state index contributed by atoms with van der Waals surface area (Å²) in [6.45, 7) is 7.31. The van der Waals surface area contributed by atoms with E-state index >= 15 is 0 Å². The van der Waals surface area contributed by atoms with Gasteiger partial charge in [0.2, 0.25) is 0 Å². The highest BCUT2D eigenvalue weighted by atomic mass is 19.1. The van der Waals surface area contributed by atoms with E-state index in [1.165, 1.54) is 12.1 Å². The lowest BCUT2D eigenvalue weighted by Gasteiger charge is -2.27. The standard InChI is InChI=1S/C14H21FN2O2/c1-9(2)14(4,19)8-16-13(18)17-12-7-11(15)6-5-10(12)3/h5-7,9,19H,8H2,1-4H3,(H2,16,17,18). The Morgan fingerprint density at radius 2 is 2.11 bits per heavy atom. The molecule has 19 heavy (non-hydrogen) atoms. The number of carbonyl (C=O) groups is 1. The van der Waals surface area contributed by atoms with Gasteiger partial charge in [-0.05, 0) is 37.5 Å². The molecule has 0 radical (unpaired) electrons. The highest BCUT2D eigenvalue weighted by molar-refractivity contribution is 5.90. The lowest BCUT2D eigenvalue weighted by Crippen LogP contribution is -2.45. The van der Waals surface area contributed by atoms with Gasteiger partial charge in [-0.2, -0.15) is 0 Å². The van der Waals surface area contributed by atoms with Gasteiger partial charge < -0.3 is 15.7 Å². The molecule has 0 saturated heterocycles. The molecule has 1 aromatic carbocycles. The Kier molecular flexibility index (Phi) is 4.89. The normalized spacial score (nSPS) is 14.1. The number of hydrogen-bond donors (Lipinski definition) is 3. The minimum atomic E-state index is -0.978. The Morgan fingerprint density at radius 3 is 2.68 bits per heavy atom. The zero-order valence-corrected chi connectivity index (χ0v) is 11.7. The third kappa shape index (κ3) is 4.52. The maximum atomic E-state index is 13.1. The van der Waals surface area contributed by atoms with Crippen molar-refractivity contribution < 1.29 is 14.3 Å². The molecule has 5 heteroatoms. The van der Waals surface area contributed by atoms with E-state index in [2.05, 4.69) is 10.6 Å². The fraction of sp³-hybridized carbons (Fsp3) is 0.500. The molecular formula is C14H21FN2O2. The average Bonchev–Trinajstić information content (AvgIpc) is 2.31. The molecule has 0 heterocycles. The number of hydrogen-bond acceptors (Lipinski definition) is 2. The lowest BCUT2D eigenvalue weighted by atomic mass is 9.93. The lowest BCUT2D eigenvalue weighted by molar-refractivity contribution is 0.0170. The van der Waals surface area contributed by atoms with Gasteiger partial charge in [-0.1, -0.05) is 19.9 Å². The number of amides is 2. The van der Waals surface area contributed by atoms with Gasteiger partial charge in [0.1, 0.15) is 5.82 Å². The van der Waals surface area contributed by atoms with E-state index < -0.39 is 17.4 Å². The summed E-state index contributed by atoms with van der Waals surface area (Å²) in [6, 6.07) is 3.72. The summed E-state index contributed by atoms with van der Waals surface area (Å²) in [5.74, 6) is -0.390. The summed E-state index contributed by atoms with van der Waals surface area (Å²) in [4.78, 5) is 11.7. The fourth-order valence-electron chi connectivity index (χ4n) is 1.36. The number of halogens is 1. The van der Waals surface area contributed by atoms with Crippen LogP contribution >= 0.6 is 0 Å². The molecule has 106 valence electrons. The molecule has 2 amide bonds. The van der Waals surface area contributed by atoms with Gasteiger partial charge >= 0.3 is 6.03 Å². The van der Waals surface area contributed by atoms with Gasteiger partial charge in [0.15, 0.2) is 0 Å². The minimum absolute atomic E-state index is 0.0173. The van der Waals surface area contributed by atoms with Crippen molar-refractivity contribution >= 4 is 11.7 Å². The summed E-state index contributed by atoms with van der Waals surface area (Å²) >= 11 is 0. The van der Waals surface area contributed by atoms with Crippen LogP contribution < -0.4 is 10.6 Å². The first kappa shape index (κ1) is 15.4. The number of nitrogens with one attached hydrogen (secondary N) is 2. The highest BCUT2D eigenvalue weighted by Gasteiger charge is 2.25. The number of anilines is 1. The maximum Gasteiger partial charge on any atom is 0.319 e. The molecule has 0 fully saturated rings. The third-order valence-corrected chi connectivity index (χ3v) is 3.30. The van der Waals surface area contributed by atoms with E-state index in [4.69, 9.17) is 0 Å². The summed E-state index contributed by atoms with van der Waals surface area (Å²) in [5.41, 5.74) is 0.211. The van der Waals surface area contributed by atoms with E-state index in [1.807, 2.05) is 13.8 Å². The minimum Gasteiger partial charge on any atom is -0.388 e. The van der Waals surface area contributed by atoms with Crippen molar-refractivity contribution in [3.63, 3.8) is 0 Å². The zero-order valence-electron chi connectivity index (χ0n) is 11.7. The fourth-order valence-corrected chi connectivity index (χ4v) is 1.36. The van der Waals surface area contributed by atoms with Gasteiger partial charge in [-0.25, -0.2) is 9.18 Å². The first-order chi connectivity index (χ1) is 8.72. The van der Waals surface area contributed by atoms with Crippen molar-refractivity contribution in [1.82, 2.24) is 5.32 Å². The van der Waals surface area contributed by atoms with E-state index in [0.29, 0.717) is 5.69 Å². The molecule has 0 aliphatic heterocycles. The number of benzene rings is 1. The predicted octanol–water partition coefficient (Wildman–Crippen LogP) is 2.66. The second-order valence-corrected chi connectivity index (χ2v) is 5.28. The van der Waals surface area contributed by atoms with Crippen molar-refractivity contribution in [3.05, 3.63) is 29.6 Å². The highest BCUT2D eigenvalue weighted by Crippen LogP contribution is 2.17. The molecule has 1 aromatic rings. The van der Waals surface area contributed by atoms with Crippen molar-refractivity contribution in [1.29, 1.82) is 0 Å². The van der Waals surface area contributed by atoms with Gasteiger partial charge in [0.25, 0.3) is 0 Å². The number of aliphatic hydroxyl groups is 1. The van der Waals surface area contributed by atoms with Crippen LogP contribution in [0.3, 0.4) is 0 Å². The van der Waals surface area contributed by atoms with E-state index in [0.717, 1.165) is 5.56 Å². The SMILES string of the molecule is Cc1ccc(F)cc1NC(=O)NCC(C)(O)C(C)C. The number of urea groups is 1. The molecular weight excluding hydrogens is 247 g/mol. The van der Waals surface area contributed by atoms with Crippen LogP contribution in [0.15, 0.2) is 18.2 Å². The first-order valence-corrected chi connectivity index (χ1v) is 6.26. The molecule has 0 spiro atoms.